The highest BCUT2D eigenvalue weighted by molar-refractivity contribution is 14.1. The molecule has 0 radical (unpaired) electrons. The van der Waals surface area contributed by atoms with Gasteiger partial charge in [-0.2, -0.15) is 5.10 Å². The summed E-state index contributed by atoms with van der Waals surface area (Å²) in [7, 11) is 1.55. The van der Waals surface area contributed by atoms with E-state index in [4.69, 9.17) is 42.1 Å². The van der Waals surface area contributed by atoms with Crippen molar-refractivity contribution in [1.82, 2.24) is 5.43 Å². The number of nitrogens with zero attached hydrogens (tertiary/aromatic N) is 1. The van der Waals surface area contributed by atoms with Gasteiger partial charge in [-0.15, -0.1) is 0 Å². The normalized spacial score (nSPS) is 15.3. The van der Waals surface area contributed by atoms with Crippen LogP contribution in [-0.4, -0.2) is 38.2 Å². The molecule has 10 heteroatoms. The van der Waals surface area contributed by atoms with Gasteiger partial charge >= 0.3 is 0 Å². The number of hydrogen-bond acceptors (Lipinski definition) is 6. The van der Waals surface area contributed by atoms with Crippen molar-refractivity contribution in [3.05, 3.63) is 55.1 Å². The number of carbonyl (C=O) groups excluding carboxylic acids is 1. The molecule has 2 aromatic rings. The fourth-order valence-electron chi connectivity index (χ4n) is 2.91. The van der Waals surface area contributed by atoms with Crippen LogP contribution in [0.2, 0.25) is 10.0 Å². The number of benzene rings is 2. The van der Waals surface area contributed by atoms with Crippen molar-refractivity contribution in [3.63, 3.8) is 0 Å². The molecule has 1 N–H and O–H groups in total. The summed E-state index contributed by atoms with van der Waals surface area (Å²) < 4.78 is 23.1. The van der Waals surface area contributed by atoms with E-state index in [0.717, 1.165) is 14.7 Å². The lowest BCUT2D eigenvalue weighted by Crippen LogP contribution is -2.33. The number of carbonyl (C=O) groups is 1. The topological polar surface area (TPSA) is 78.4 Å². The number of hydrazone groups is 1. The van der Waals surface area contributed by atoms with Crippen molar-refractivity contribution >= 4 is 57.9 Å². The first-order valence-electron chi connectivity index (χ1n) is 9.34. The molecular formula is C21H21Cl2IN2O5. The Morgan fingerprint density at radius 2 is 2.03 bits per heavy atom. The van der Waals surface area contributed by atoms with Gasteiger partial charge in [0, 0.05) is 15.6 Å². The average molecular weight is 579 g/mol. The zero-order valence-corrected chi connectivity index (χ0v) is 20.6. The summed E-state index contributed by atoms with van der Waals surface area (Å²) in [6.45, 7) is 2.94. The predicted molar refractivity (Wildman–Crippen MR) is 127 cm³/mol. The van der Waals surface area contributed by atoms with E-state index in [1.54, 1.807) is 32.2 Å². The molecule has 0 aliphatic carbocycles. The van der Waals surface area contributed by atoms with Crippen LogP contribution in [0.1, 0.15) is 24.5 Å². The number of rotatable bonds is 8. The lowest BCUT2D eigenvalue weighted by Gasteiger charge is -2.20. The summed E-state index contributed by atoms with van der Waals surface area (Å²) in [5, 5.41) is 5.10. The molecule has 166 valence electrons. The van der Waals surface area contributed by atoms with Crippen molar-refractivity contribution in [1.29, 1.82) is 0 Å². The maximum Gasteiger partial charge on any atom is 0.245 e. The smallest absolute Gasteiger partial charge is 0.245 e. The number of halogens is 3. The van der Waals surface area contributed by atoms with E-state index < -0.39 is 5.79 Å². The molecule has 0 bridgehead atoms. The Balaban J connectivity index is 1.64. The largest absolute Gasteiger partial charge is 0.493 e. The van der Waals surface area contributed by atoms with Gasteiger partial charge in [0.1, 0.15) is 6.61 Å². The van der Waals surface area contributed by atoms with E-state index in [-0.39, 0.29) is 18.9 Å². The van der Waals surface area contributed by atoms with Crippen LogP contribution in [0.25, 0.3) is 0 Å². The van der Waals surface area contributed by atoms with Crippen molar-refractivity contribution in [3.8, 4) is 11.5 Å². The van der Waals surface area contributed by atoms with Crippen molar-refractivity contribution in [2.45, 2.75) is 25.7 Å². The van der Waals surface area contributed by atoms with Gasteiger partial charge in [0.05, 0.1) is 36.5 Å². The van der Waals surface area contributed by atoms with Crippen LogP contribution in [0, 0.1) is 3.57 Å². The molecule has 2 aromatic carbocycles. The van der Waals surface area contributed by atoms with Crippen LogP contribution in [0.3, 0.4) is 0 Å². The van der Waals surface area contributed by atoms with Gasteiger partial charge in [0.2, 0.25) is 5.91 Å². The van der Waals surface area contributed by atoms with Crippen molar-refractivity contribution in [2.75, 3.05) is 20.3 Å². The van der Waals surface area contributed by atoms with E-state index in [9.17, 15) is 4.79 Å². The minimum Gasteiger partial charge on any atom is -0.493 e. The van der Waals surface area contributed by atoms with Crippen LogP contribution in [0.4, 0.5) is 0 Å². The maximum atomic E-state index is 12.1. The molecule has 0 saturated carbocycles. The fraction of sp³-hybridized carbons (Fsp3) is 0.333. The van der Waals surface area contributed by atoms with Crippen LogP contribution < -0.4 is 14.9 Å². The van der Waals surface area contributed by atoms with E-state index in [1.165, 1.54) is 6.21 Å². The standard InChI is InChI=1S/C21H21Cl2IN2O5/c1-21(30-5-6-31-21)10-19(27)26-25-11-13-7-17(24)20(18(8-13)28-2)29-12-14-3-4-15(22)9-16(14)23/h3-4,7-9,11H,5-6,10,12H2,1-2H3,(H,26,27)/b25-11+. The second-order valence-electron chi connectivity index (χ2n) is 6.86. The van der Waals surface area contributed by atoms with Crippen LogP contribution in [0.5, 0.6) is 11.5 Å². The number of ether oxygens (including phenoxy) is 4. The Hall–Kier alpha value is -1.59. The van der Waals surface area contributed by atoms with Crippen molar-refractivity contribution in [2.24, 2.45) is 5.10 Å². The second-order valence-corrected chi connectivity index (χ2v) is 8.87. The van der Waals surface area contributed by atoms with Gasteiger partial charge < -0.3 is 18.9 Å². The van der Waals surface area contributed by atoms with Crippen LogP contribution in [0.15, 0.2) is 35.4 Å². The zero-order valence-electron chi connectivity index (χ0n) is 16.9. The minimum absolute atomic E-state index is 0.0607. The van der Waals surface area contributed by atoms with E-state index in [1.807, 2.05) is 12.1 Å². The fourth-order valence-corrected chi connectivity index (χ4v) is 4.16. The van der Waals surface area contributed by atoms with Gasteiger partial charge in [-0.25, -0.2) is 5.43 Å². The third-order valence-electron chi connectivity index (χ3n) is 4.42. The molecule has 1 saturated heterocycles. The second kappa shape index (κ2) is 10.8. The number of amides is 1. The molecule has 0 spiro atoms. The zero-order chi connectivity index (χ0) is 22.4. The Morgan fingerprint density at radius 3 is 2.71 bits per heavy atom. The highest BCUT2D eigenvalue weighted by Crippen LogP contribution is 2.35. The molecule has 0 atom stereocenters. The third kappa shape index (κ3) is 6.69. The minimum atomic E-state index is -0.899. The lowest BCUT2D eigenvalue weighted by atomic mass is 10.2. The molecule has 1 fully saturated rings. The molecule has 1 aliphatic rings. The van der Waals surface area contributed by atoms with E-state index in [0.29, 0.717) is 34.8 Å². The summed E-state index contributed by atoms with van der Waals surface area (Å²) in [6, 6.07) is 8.87. The predicted octanol–water partition coefficient (Wildman–Crippen LogP) is 4.79. The molecule has 31 heavy (non-hydrogen) atoms. The highest BCUT2D eigenvalue weighted by Gasteiger charge is 2.33. The van der Waals surface area contributed by atoms with E-state index in [2.05, 4.69) is 33.1 Å². The first kappa shape index (κ1) is 24.1. The van der Waals surface area contributed by atoms with Crippen molar-refractivity contribution < 1.29 is 23.7 Å². The molecule has 1 aliphatic heterocycles. The molecule has 0 aromatic heterocycles. The molecule has 1 amide bonds. The van der Waals surface area contributed by atoms with E-state index >= 15 is 0 Å². The first-order chi connectivity index (χ1) is 14.8. The van der Waals surface area contributed by atoms with Gasteiger partial charge in [-0.1, -0.05) is 29.3 Å². The summed E-state index contributed by atoms with van der Waals surface area (Å²) >= 11 is 14.3. The molecule has 3 rings (SSSR count). The monoisotopic (exact) mass is 578 g/mol. The highest BCUT2D eigenvalue weighted by atomic mass is 127. The van der Waals surface area contributed by atoms with Gasteiger partial charge in [-0.05, 0) is 59.3 Å². The Morgan fingerprint density at radius 1 is 1.29 bits per heavy atom. The maximum absolute atomic E-state index is 12.1. The van der Waals surface area contributed by atoms with Gasteiger partial charge in [-0.3, -0.25) is 4.79 Å². The third-order valence-corrected chi connectivity index (χ3v) is 5.81. The van der Waals surface area contributed by atoms with Gasteiger partial charge in [0.15, 0.2) is 17.3 Å². The number of nitrogens with one attached hydrogen (secondary N) is 1. The first-order valence-corrected chi connectivity index (χ1v) is 11.2. The summed E-state index contributed by atoms with van der Waals surface area (Å²) in [4.78, 5) is 12.1. The summed E-state index contributed by atoms with van der Waals surface area (Å²) in [5.74, 6) is -0.0876. The quantitative estimate of drug-likeness (QED) is 0.277. The summed E-state index contributed by atoms with van der Waals surface area (Å²) in [5.41, 5.74) is 4.02. The van der Waals surface area contributed by atoms with Crippen LogP contribution in [-0.2, 0) is 20.9 Å². The van der Waals surface area contributed by atoms with Gasteiger partial charge in [0.25, 0.3) is 0 Å². The lowest BCUT2D eigenvalue weighted by molar-refractivity contribution is -0.159. The average Bonchev–Trinajstić information content (AvgIpc) is 3.13. The molecule has 0 unspecified atom stereocenters. The Labute approximate surface area is 204 Å². The summed E-state index contributed by atoms with van der Waals surface area (Å²) in [6.07, 6.45) is 1.59. The molecular weight excluding hydrogens is 558 g/mol. The molecule has 7 nitrogen and oxygen atoms in total. The number of methoxy groups -OCH3 is 1. The Bertz CT molecular complexity index is 980. The molecule has 1 heterocycles. The SMILES string of the molecule is COc1cc(/C=N/NC(=O)CC2(C)OCCO2)cc(I)c1OCc1ccc(Cl)cc1Cl. The van der Waals surface area contributed by atoms with Crippen LogP contribution >= 0.6 is 45.8 Å². The number of hydrogen-bond donors (Lipinski definition) is 1. The Kier molecular flexibility index (Phi) is 8.40.